The summed E-state index contributed by atoms with van der Waals surface area (Å²) in [5, 5.41) is 3.48. The Balaban J connectivity index is 1.80. The average Bonchev–Trinajstić information content (AvgIpc) is 2.86. The van der Waals surface area contributed by atoms with Gasteiger partial charge in [0.25, 0.3) is 0 Å². The third kappa shape index (κ3) is 2.76. The highest BCUT2D eigenvalue weighted by Gasteiger charge is 2.31. The van der Waals surface area contributed by atoms with Crippen LogP contribution in [0.25, 0.3) is 0 Å². The zero-order chi connectivity index (χ0) is 11.5. The highest BCUT2D eigenvalue weighted by atomic mass is 15.2. The van der Waals surface area contributed by atoms with Crippen molar-refractivity contribution in [2.75, 3.05) is 40.8 Å². The van der Waals surface area contributed by atoms with Gasteiger partial charge in [-0.15, -0.1) is 0 Å². The zero-order valence-electron chi connectivity index (χ0n) is 11.1. The van der Waals surface area contributed by atoms with Gasteiger partial charge in [0.05, 0.1) is 0 Å². The van der Waals surface area contributed by atoms with Gasteiger partial charge < -0.3 is 15.1 Å². The van der Waals surface area contributed by atoms with Crippen LogP contribution in [-0.4, -0.2) is 62.7 Å². The van der Waals surface area contributed by atoms with Crippen molar-refractivity contribution in [3.8, 4) is 0 Å². The van der Waals surface area contributed by atoms with E-state index in [0.717, 1.165) is 18.0 Å². The fourth-order valence-electron chi connectivity index (χ4n) is 3.52. The molecule has 3 heteroatoms. The maximum Gasteiger partial charge on any atom is 0.0246 e. The molecule has 1 heterocycles. The minimum absolute atomic E-state index is 0.726. The van der Waals surface area contributed by atoms with E-state index in [0.29, 0.717) is 0 Å². The molecule has 0 spiro atoms. The van der Waals surface area contributed by atoms with E-state index in [-0.39, 0.29) is 0 Å². The van der Waals surface area contributed by atoms with Crippen LogP contribution >= 0.6 is 0 Å². The first-order chi connectivity index (χ1) is 7.70. The van der Waals surface area contributed by atoms with Crippen molar-refractivity contribution in [2.24, 2.45) is 5.92 Å². The molecule has 0 amide bonds. The maximum absolute atomic E-state index is 3.48. The summed E-state index contributed by atoms with van der Waals surface area (Å²) >= 11 is 0. The van der Waals surface area contributed by atoms with Gasteiger partial charge in [0.15, 0.2) is 0 Å². The number of likely N-dealkylation sites (tertiary alicyclic amines) is 1. The van der Waals surface area contributed by atoms with Gasteiger partial charge >= 0.3 is 0 Å². The fourth-order valence-corrected chi connectivity index (χ4v) is 3.52. The van der Waals surface area contributed by atoms with Crippen LogP contribution < -0.4 is 5.32 Å². The molecule has 0 aromatic heterocycles. The van der Waals surface area contributed by atoms with Crippen LogP contribution in [0.1, 0.15) is 25.7 Å². The Kier molecular flexibility index (Phi) is 4.22. The second kappa shape index (κ2) is 5.48. The molecule has 94 valence electrons. The second-order valence-corrected chi connectivity index (χ2v) is 5.75. The molecule has 1 aliphatic carbocycles. The lowest BCUT2D eigenvalue weighted by molar-refractivity contribution is 0.186. The van der Waals surface area contributed by atoms with Crippen molar-refractivity contribution in [3.05, 3.63) is 0 Å². The van der Waals surface area contributed by atoms with E-state index < -0.39 is 0 Å². The van der Waals surface area contributed by atoms with Crippen molar-refractivity contribution in [1.82, 2.24) is 15.1 Å². The number of hydrogen-bond donors (Lipinski definition) is 1. The lowest BCUT2D eigenvalue weighted by atomic mass is 10.1. The highest BCUT2D eigenvalue weighted by molar-refractivity contribution is 4.89. The molecule has 3 atom stereocenters. The number of hydrogen-bond acceptors (Lipinski definition) is 3. The number of likely N-dealkylation sites (N-methyl/N-ethyl adjacent to an activating group) is 2. The first kappa shape index (κ1) is 12.3. The van der Waals surface area contributed by atoms with Crippen molar-refractivity contribution in [1.29, 1.82) is 0 Å². The SMILES string of the molecule is CNC1CCCC1N(C)CC1CCN(C)C1. The Bertz CT molecular complexity index is 219. The van der Waals surface area contributed by atoms with Crippen LogP contribution in [0.4, 0.5) is 0 Å². The normalized spacial score (nSPS) is 36.4. The van der Waals surface area contributed by atoms with Gasteiger partial charge in [-0.05, 0) is 52.9 Å². The maximum atomic E-state index is 3.48. The lowest BCUT2D eigenvalue weighted by Gasteiger charge is -2.31. The predicted molar refractivity (Wildman–Crippen MR) is 68.7 cm³/mol. The molecule has 1 N–H and O–H groups in total. The van der Waals surface area contributed by atoms with Crippen LogP contribution in [0.5, 0.6) is 0 Å². The summed E-state index contributed by atoms with van der Waals surface area (Å²) in [7, 11) is 6.67. The molecular formula is C13H27N3. The molecule has 3 nitrogen and oxygen atoms in total. The summed E-state index contributed by atoms with van der Waals surface area (Å²) in [6.45, 7) is 3.87. The molecule has 2 fully saturated rings. The quantitative estimate of drug-likeness (QED) is 0.770. The third-order valence-corrected chi connectivity index (χ3v) is 4.45. The van der Waals surface area contributed by atoms with Crippen molar-refractivity contribution < 1.29 is 0 Å². The Hall–Kier alpha value is -0.120. The van der Waals surface area contributed by atoms with E-state index in [4.69, 9.17) is 0 Å². The van der Waals surface area contributed by atoms with E-state index in [1.165, 1.54) is 45.3 Å². The molecule has 1 saturated heterocycles. The Morgan fingerprint density at radius 3 is 2.75 bits per heavy atom. The average molecular weight is 225 g/mol. The minimum Gasteiger partial charge on any atom is -0.315 e. The molecule has 3 unspecified atom stereocenters. The van der Waals surface area contributed by atoms with Gasteiger partial charge in [-0.1, -0.05) is 6.42 Å². The van der Waals surface area contributed by atoms with E-state index in [1.54, 1.807) is 0 Å². The van der Waals surface area contributed by atoms with Crippen molar-refractivity contribution in [2.45, 2.75) is 37.8 Å². The molecule has 1 aliphatic heterocycles. The molecule has 1 saturated carbocycles. The van der Waals surface area contributed by atoms with Crippen LogP contribution in [0.2, 0.25) is 0 Å². The van der Waals surface area contributed by atoms with E-state index in [1.807, 2.05) is 0 Å². The topological polar surface area (TPSA) is 18.5 Å². The first-order valence-electron chi connectivity index (χ1n) is 6.76. The first-order valence-corrected chi connectivity index (χ1v) is 6.76. The van der Waals surface area contributed by atoms with Crippen molar-refractivity contribution >= 4 is 0 Å². The van der Waals surface area contributed by atoms with Crippen LogP contribution in [0.15, 0.2) is 0 Å². The molecule has 0 aromatic carbocycles. The van der Waals surface area contributed by atoms with Crippen LogP contribution in [-0.2, 0) is 0 Å². The summed E-state index contributed by atoms with van der Waals surface area (Å²) in [5.74, 6) is 0.896. The summed E-state index contributed by atoms with van der Waals surface area (Å²) in [6, 6.07) is 1.50. The predicted octanol–water partition coefficient (Wildman–Crippen LogP) is 1.01. The molecule has 16 heavy (non-hydrogen) atoms. The summed E-state index contributed by atoms with van der Waals surface area (Å²) in [4.78, 5) is 5.07. The Morgan fingerprint density at radius 2 is 2.12 bits per heavy atom. The largest absolute Gasteiger partial charge is 0.315 e. The van der Waals surface area contributed by atoms with Crippen molar-refractivity contribution in [3.63, 3.8) is 0 Å². The number of nitrogens with one attached hydrogen (secondary N) is 1. The van der Waals surface area contributed by atoms with Crippen LogP contribution in [0, 0.1) is 5.92 Å². The molecule has 0 aromatic rings. The minimum atomic E-state index is 0.726. The monoisotopic (exact) mass is 225 g/mol. The van der Waals surface area contributed by atoms with Gasteiger partial charge in [-0.3, -0.25) is 0 Å². The second-order valence-electron chi connectivity index (χ2n) is 5.75. The Morgan fingerprint density at radius 1 is 1.31 bits per heavy atom. The highest BCUT2D eigenvalue weighted by Crippen LogP contribution is 2.25. The number of rotatable bonds is 4. The van der Waals surface area contributed by atoms with E-state index in [9.17, 15) is 0 Å². The zero-order valence-corrected chi connectivity index (χ0v) is 11.1. The van der Waals surface area contributed by atoms with Gasteiger partial charge in [0, 0.05) is 25.2 Å². The Labute approximate surface area is 100 Å². The lowest BCUT2D eigenvalue weighted by Crippen LogP contribution is -2.45. The van der Waals surface area contributed by atoms with Crippen LogP contribution in [0.3, 0.4) is 0 Å². The number of nitrogens with zero attached hydrogens (tertiary/aromatic N) is 2. The summed E-state index contributed by atoms with van der Waals surface area (Å²) in [5.41, 5.74) is 0. The standard InChI is InChI=1S/C13H27N3/c1-14-12-5-4-6-13(12)16(3)10-11-7-8-15(2)9-11/h11-14H,4-10H2,1-3H3. The van der Waals surface area contributed by atoms with Gasteiger partial charge in [0.1, 0.15) is 0 Å². The fraction of sp³-hybridized carbons (Fsp3) is 1.00. The smallest absolute Gasteiger partial charge is 0.0246 e. The van der Waals surface area contributed by atoms with Gasteiger partial charge in [-0.2, -0.15) is 0 Å². The summed E-state index contributed by atoms with van der Waals surface area (Å²) in [6.07, 6.45) is 5.52. The summed E-state index contributed by atoms with van der Waals surface area (Å²) < 4.78 is 0. The van der Waals surface area contributed by atoms with E-state index >= 15 is 0 Å². The molecule has 2 aliphatic rings. The molecule has 0 radical (unpaired) electrons. The molecule has 0 bridgehead atoms. The molecule has 2 rings (SSSR count). The van der Waals surface area contributed by atoms with Gasteiger partial charge in [-0.25, -0.2) is 0 Å². The molecular weight excluding hydrogens is 198 g/mol. The van der Waals surface area contributed by atoms with Gasteiger partial charge in [0.2, 0.25) is 0 Å². The van der Waals surface area contributed by atoms with E-state index in [2.05, 4.69) is 36.3 Å². The third-order valence-electron chi connectivity index (χ3n) is 4.45.